The van der Waals surface area contributed by atoms with E-state index in [0.29, 0.717) is 30.0 Å². The lowest BCUT2D eigenvalue weighted by Gasteiger charge is -2.21. The van der Waals surface area contributed by atoms with Crippen LogP contribution >= 0.6 is 41.8 Å². The van der Waals surface area contributed by atoms with Crippen LogP contribution in [-0.4, -0.2) is 21.6 Å². The molecule has 0 bridgehead atoms. The van der Waals surface area contributed by atoms with Gasteiger partial charge in [-0.15, -0.1) is 11.3 Å². The van der Waals surface area contributed by atoms with E-state index in [4.69, 9.17) is 23.2 Å². The van der Waals surface area contributed by atoms with E-state index >= 15 is 0 Å². The molecule has 212 valence electrons. The summed E-state index contributed by atoms with van der Waals surface area (Å²) in [4.78, 5) is 9.82. The average Bonchev–Trinajstić information content (AvgIpc) is 3.35. The lowest BCUT2D eigenvalue weighted by Crippen LogP contribution is -2.28. The van der Waals surface area contributed by atoms with Crippen molar-refractivity contribution in [1.82, 2.24) is 15.1 Å². The number of aryl methyl sites for hydroxylation is 1. The van der Waals surface area contributed by atoms with Crippen molar-refractivity contribution in [2.75, 3.05) is 6.54 Å². The maximum Gasteiger partial charge on any atom is 0.204 e. The Kier molecular flexibility index (Phi) is 10.9. The molecule has 0 aliphatic rings. The van der Waals surface area contributed by atoms with E-state index in [1.54, 1.807) is 0 Å². The molecule has 2 N–H and O–H groups in total. The Morgan fingerprint density at radius 2 is 1.76 bits per heavy atom. The van der Waals surface area contributed by atoms with Gasteiger partial charge in [0.1, 0.15) is 17.6 Å². The summed E-state index contributed by atoms with van der Waals surface area (Å²) >= 11 is 14.1. The number of hydrogen-bond acceptors (Lipinski definition) is 5. The molecular formula is C32H32Cl2N3O2PS. The number of rotatable bonds is 12. The van der Waals surface area contributed by atoms with Crippen LogP contribution in [0.4, 0.5) is 0 Å². The van der Waals surface area contributed by atoms with Gasteiger partial charge in [-0.2, -0.15) is 0 Å². The first-order chi connectivity index (χ1) is 19.7. The van der Waals surface area contributed by atoms with Crippen LogP contribution in [0.2, 0.25) is 5.15 Å². The standard InChI is InChI=1S/C32H32Cl2N3O2PS/c1-4-24(15-16-37-40(39,27-11-7-5-8-12-27)28-13-9-6-10-14-28)26(17-22(2)33)18-25-19-30(41-23(25)3)31(38)29-20-35-21-36-32(29)34/h4-14,17,19-21,31,38H,1,15-16,18H2,2-3H3,(H,37,39)/b22-17+,26-24-. The molecule has 0 aliphatic carbocycles. The summed E-state index contributed by atoms with van der Waals surface area (Å²) in [6.45, 7) is 8.41. The maximum absolute atomic E-state index is 14.4. The molecule has 2 heterocycles. The Hall–Kier alpha value is -2.83. The molecule has 2 aromatic heterocycles. The molecule has 0 saturated heterocycles. The van der Waals surface area contributed by atoms with Crippen LogP contribution in [0.1, 0.15) is 40.3 Å². The highest BCUT2D eigenvalue weighted by Crippen LogP contribution is 2.39. The number of nitrogens with zero attached hydrogens (tertiary/aromatic N) is 2. The zero-order valence-electron chi connectivity index (χ0n) is 22.9. The van der Waals surface area contributed by atoms with Gasteiger partial charge in [-0.1, -0.05) is 72.3 Å². The predicted molar refractivity (Wildman–Crippen MR) is 173 cm³/mol. The van der Waals surface area contributed by atoms with Gasteiger partial charge in [0.2, 0.25) is 7.29 Å². The SMILES string of the molecule is C=C/C(CCNP(=O)(c1ccccc1)c1ccccc1)=C(\C=C(/C)Cl)Cc1cc(C(O)c2cncnc2Cl)sc1C. The molecular weight excluding hydrogens is 592 g/mol. The highest BCUT2D eigenvalue weighted by molar-refractivity contribution is 7.76. The van der Waals surface area contributed by atoms with E-state index in [0.717, 1.165) is 37.1 Å². The Bertz CT molecular complexity index is 1560. The molecule has 9 heteroatoms. The molecule has 0 fully saturated rings. The molecule has 0 radical (unpaired) electrons. The lowest BCUT2D eigenvalue weighted by atomic mass is 9.97. The first kappa shape index (κ1) is 31.1. The zero-order valence-corrected chi connectivity index (χ0v) is 26.2. The minimum atomic E-state index is -3.06. The number of thiophene rings is 1. The van der Waals surface area contributed by atoms with Gasteiger partial charge in [-0.25, -0.2) is 9.97 Å². The molecule has 0 saturated carbocycles. The second kappa shape index (κ2) is 14.4. The predicted octanol–water partition coefficient (Wildman–Crippen LogP) is 7.66. The zero-order chi connectivity index (χ0) is 29.4. The lowest BCUT2D eigenvalue weighted by molar-refractivity contribution is 0.223. The second-order valence-corrected chi connectivity index (χ2v) is 14.3. The van der Waals surface area contributed by atoms with Crippen molar-refractivity contribution in [1.29, 1.82) is 0 Å². The van der Waals surface area contributed by atoms with Crippen LogP contribution in [0.15, 0.2) is 114 Å². The van der Waals surface area contributed by atoms with Gasteiger partial charge in [0.25, 0.3) is 0 Å². The Morgan fingerprint density at radius 3 is 2.32 bits per heavy atom. The molecule has 1 atom stereocenters. The van der Waals surface area contributed by atoms with Gasteiger partial charge in [0.15, 0.2) is 0 Å². The highest BCUT2D eigenvalue weighted by atomic mass is 35.5. The largest absolute Gasteiger partial charge is 0.383 e. The van der Waals surface area contributed by atoms with E-state index in [1.807, 2.05) is 92.7 Å². The number of halogens is 2. The molecule has 41 heavy (non-hydrogen) atoms. The minimum absolute atomic E-state index is 0.228. The van der Waals surface area contributed by atoms with E-state index in [2.05, 4.69) is 21.6 Å². The smallest absolute Gasteiger partial charge is 0.204 e. The van der Waals surface area contributed by atoms with Crippen molar-refractivity contribution < 1.29 is 9.67 Å². The summed E-state index contributed by atoms with van der Waals surface area (Å²) in [6.07, 6.45) is 6.93. The van der Waals surface area contributed by atoms with E-state index in [-0.39, 0.29) is 5.15 Å². The van der Waals surface area contributed by atoms with Crippen LogP contribution < -0.4 is 15.7 Å². The Morgan fingerprint density at radius 1 is 1.12 bits per heavy atom. The number of nitrogens with one attached hydrogen (secondary N) is 1. The van der Waals surface area contributed by atoms with Gasteiger partial charge >= 0.3 is 0 Å². The van der Waals surface area contributed by atoms with Gasteiger partial charge in [0.05, 0.1) is 0 Å². The van der Waals surface area contributed by atoms with Gasteiger partial charge in [-0.05, 0) is 79.8 Å². The maximum atomic E-state index is 14.4. The normalized spacial score (nSPS) is 13.5. The van der Waals surface area contributed by atoms with Crippen LogP contribution in [0, 0.1) is 6.92 Å². The molecule has 4 rings (SSSR count). The van der Waals surface area contributed by atoms with Gasteiger partial charge < -0.3 is 5.11 Å². The summed E-state index contributed by atoms with van der Waals surface area (Å²) in [5.41, 5.74) is 3.53. The fourth-order valence-corrected chi connectivity index (χ4v) is 8.23. The van der Waals surface area contributed by atoms with E-state index < -0.39 is 13.4 Å². The van der Waals surface area contributed by atoms with Crippen LogP contribution in [0.25, 0.3) is 0 Å². The number of benzene rings is 2. The number of aliphatic hydroxyl groups is 1. The van der Waals surface area contributed by atoms with Crippen molar-refractivity contribution in [3.8, 4) is 0 Å². The monoisotopic (exact) mass is 623 g/mol. The third kappa shape index (κ3) is 7.72. The van der Waals surface area contributed by atoms with E-state index in [1.165, 1.54) is 23.9 Å². The summed E-state index contributed by atoms with van der Waals surface area (Å²) in [7, 11) is -3.06. The van der Waals surface area contributed by atoms with Crippen LogP contribution in [-0.2, 0) is 11.0 Å². The van der Waals surface area contributed by atoms with Crippen molar-refractivity contribution >= 4 is 52.4 Å². The first-order valence-electron chi connectivity index (χ1n) is 13.1. The Balaban J connectivity index is 1.59. The molecule has 4 aromatic rings. The molecule has 1 unspecified atom stereocenters. The topological polar surface area (TPSA) is 75.1 Å². The van der Waals surface area contributed by atoms with Gasteiger partial charge in [-0.3, -0.25) is 9.65 Å². The minimum Gasteiger partial charge on any atom is -0.383 e. The summed E-state index contributed by atoms with van der Waals surface area (Å²) in [5.74, 6) is 0. The Labute approximate surface area is 255 Å². The summed E-state index contributed by atoms with van der Waals surface area (Å²) in [5, 5.41) is 16.8. The van der Waals surface area contributed by atoms with Crippen molar-refractivity contribution in [2.24, 2.45) is 0 Å². The summed E-state index contributed by atoms with van der Waals surface area (Å²) in [6, 6.07) is 21.0. The van der Waals surface area contributed by atoms with Crippen molar-refractivity contribution in [3.05, 3.63) is 140 Å². The van der Waals surface area contributed by atoms with Crippen LogP contribution in [0.3, 0.4) is 0 Å². The quantitative estimate of drug-likeness (QED) is 0.0962. The van der Waals surface area contributed by atoms with Crippen LogP contribution in [0.5, 0.6) is 0 Å². The third-order valence-corrected chi connectivity index (χ3v) is 11.0. The fourth-order valence-electron chi connectivity index (χ4n) is 4.57. The fraction of sp³-hybridized carbons (Fsp3) is 0.188. The average molecular weight is 625 g/mol. The molecule has 0 aliphatic heterocycles. The molecule has 5 nitrogen and oxygen atoms in total. The highest BCUT2D eigenvalue weighted by Gasteiger charge is 2.26. The molecule has 2 aromatic carbocycles. The number of hydrogen-bond donors (Lipinski definition) is 2. The molecule has 0 spiro atoms. The van der Waals surface area contributed by atoms with Gasteiger partial charge in [0, 0.05) is 43.7 Å². The van der Waals surface area contributed by atoms with Crippen molar-refractivity contribution in [3.63, 3.8) is 0 Å². The second-order valence-electron chi connectivity index (χ2n) is 9.50. The van der Waals surface area contributed by atoms with Crippen molar-refractivity contribution in [2.45, 2.75) is 32.8 Å². The number of allylic oxidation sites excluding steroid dienone is 4. The van der Waals surface area contributed by atoms with E-state index in [9.17, 15) is 9.67 Å². The third-order valence-electron chi connectivity index (χ3n) is 6.67. The molecule has 0 amide bonds. The first-order valence-corrected chi connectivity index (χ1v) is 16.4. The summed E-state index contributed by atoms with van der Waals surface area (Å²) < 4.78 is 14.4. The number of aliphatic hydroxyl groups excluding tert-OH is 1. The number of aromatic nitrogens is 2.